The number of nitrogens with zero attached hydrogens (tertiary/aromatic N) is 5. The van der Waals surface area contributed by atoms with Gasteiger partial charge in [0.05, 0.1) is 28.6 Å². The Hall–Kier alpha value is -3.01. The van der Waals surface area contributed by atoms with Crippen LogP contribution in [0.25, 0.3) is 22.1 Å². The van der Waals surface area contributed by atoms with Crippen LogP contribution in [0.3, 0.4) is 0 Å². The number of imidazole rings is 1. The lowest BCUT2D eigenvalue weighted by molar-refractivity contribution is -0.0121. The van der Waals surface area contributed by atoms with Gasteiger partial charge in [0.2, 0.25) is 0 Å². The third-order valence-electron chi connectivity index (χ3n) is 10.5. The maximum atomic E-state index is 11.2. The minimum Gasteiger partial charge on any atom is -0.390 e. The summed E-state index contributed by atoms with van der Waals surface area (Å²) in [6.45, 7) is 8.69. The molecule has 3 aliphatic rings. The summed E-state index contributed by atoms with van der Waals surface area (Å²) in [5, 5.41) is 23.0. The lowest BCUT2D eigenvalue weighted by Crippen LogP contribution is -2.48. The Kier molecular flexibility index (Phi) is 7.46. The van der Waals surface area contributed by atoms with Crippen molar-refractivity contribution in [2.24, 2.45) is 17.8 Å². The Balaban J connectivity index is 0.937. The van der Waals surface area contributed by atoms with Crippen LogP contribution >= 0.6 is 0 Å². The number of aliphatic hydroxyl groups excluding tert-OH is 2. The van der Waals surface area contributed by atoms with Crippen molar-refractivity contribution in [2.45, 2.75) is 102 Å². The first-order chi connectivity index (χ1) is 20.6. The number of rotatable bonds is 10. The van der Waals surface area contributed by atoms with Crippen LogP contribution in [0.1, 0.15) is 83.1 Å². The van der Waals surface area contributed by atoms with Crippen LogP contribution in [0.2, 0.25) is 0 Å². The summed E-state index contributed by atoms with van der Waals surface area (Å²) in [5.41, 5.74) is 10.4. The second-order valence-electron chi connectivity index (χ2n) is 14.7. The molecule has 3 fully saturated rings. The monoisotopic (exact) mass is 585 g/mol. The molecule has 3 aliphatic carbocycles. The number of fused-ring (bicyclic) bond motifs is 2. The van der Waals surface area contributed by atoms with Crippen LogP contribution in [0.15, 0.2) is 36.8 Å². The number of aromatic nitrogens is 5. The Morgan fingerprint density at radius 1 is 1.02 bits per heavy atom. The molecule has 4 aromatic rings. The van der Waals surface area contributed by atoms with Crippen LogP contribution in [0.5, 0.6) is 0 Å². The molecular formula is C34H47N7O2. The fourth-order valence-electron chi connectivity index (χ4n) is 7.56. The fraction of sp³-hybridized carbons (Fsp3) is 0.618. The molecule has 9 nitrogen and oxygen atoms in total. The van der Waals surface area contributed by atoms with Crippen LogP contribution in [0, 0.1) is 17.8 Å². The van der Waals surface area contributed by atoms with Gasteiger partial charge in [-0.3, -0.25) is 4.90 Å². The van der Waals surface area contributed by atoms with Gasteiger partial charge in [-0.1, -0.05) is 26.8 Å². The van der Waals surface area contributed by atoms with Gasteiger partial charge in [0.15, 0.2) is 0 Å². The Bertz CT molecular complexity index is 1580. The molecule has 0 unspecified atom stereocenters. The molecule has 1 aromatic carbocycles. The average molecular weight is 586 g/mol. The van der Waals surface area contributed by atoms with E-state index in [0.717, 1.165) is 72.1 Å². The molecule has 0 spiro atoms. The lowest BCUT2D eigenvalue weighted by Gasteiger charge is -2.44. The van der Waals surface area contributed by atoms with Gasteiger partial charge in [0.25, 0.3) is 0 Å². The smallest absolute Gasteiger partial charge is 0.145 e. The zero-order valence-electron chi connectivity index (χ0n) is 25.8. The van der Waals surface area contributed by atoms with E-state index in [1.165, 1.54) is 44.0 Å². The summed E-state index contributed by atoms with van der Waals surface area (Å²) < 4.78 is 1.98. The average Bonchev–Trinajstić information content (AvgIpc) is 3.39. The molecule has 0 bridgehead atoms. The number of aromatic amines is 1. The van der Waals surface area contributed by atoms with Gasteiger partial charge in [-0.2, -0.15) is 0 Å². The van der Waals surface area contributed by atoms with Crippen molar-refractivity contribution in [3.05, 3.63) is 48.2 Å². The van der Waals surface area contributed by atoms with Crippen molar-refractivity contribution < 1.29 is 10.2 Å². The predicted octanol–water partition coefficient (Wildman–Crippen LogP) is 4.98. The number of benzene rings is 1. The molecule has 0 amide bonds. The summed E-state index contributed by atoms with van der Waals surface area (Å²) in [6.07, 6.45) is 11.0. The number of aryl methyl sites for hydroxylation is 1. The molecular weight excluding hydrogens is 538 g/mol. The molecule has 3 aromatic heterocycles. The van der Waals surface area contributed by atoms with E-state index < -0.39 is 12.2 Å². The summed E-state index contributed by atoms with van der Waals surface area (Å²) in [7, 11) is 0. The molecule has 230 valence electrons. The van der Waals surface area contributed by atoms with E-state index in [-0.39, 0.29) is 17.4 Å². The van der Waals surface area contributed by atoms with Gasteiger partial charge < -0.3 is 25.5 Å². The quantitative estimate of drug-likeness (QED) is 0.207. The topological polar surface area (TPSA) is 129 Å². The van der Waals surface area contributed by atoms with Crippen molar-refractivity contribution in [2.75, 3.05) is 18.8 Å². The number of nitrogens with one attached hydrogen (secondary N) is 1. The summed E-state index contributed by atoms with van der Waals surface area (Å²) >= 11 is 0. The zero-order valence-corrected chi connectivity index (χ0v) is 25.8. The maximum Gasteiger partial charge on any atom is 0.145 e. The fourth-order valence-corrected chi connectivity index (χ4v) is 7.56. The second kappa shape index (κ2) is 11.2. The SMILES string of the molecule is CC(C)(C)c1ccc2[nH]c(CCC[C@H]3C[C@@H](N(CC4CC4)C[C@H]4C[C@@H](n5ccc6c(N)ncnc65)[C@H](O)[C@@H]4O)C3)nc2c1. The lowest BCUT2D eigenvalue weighted by atomic mass is 9.76. The van der Waals surface area contributed by atoms with Gasteiger partial charge in [0.1, 0.15) is 29.7 Å². The molecule has 0 radical (unpaired) electrons. The first-order valence-electron chi connectivity index (χ1n) is 16.3. The van der Waals surface area contributed by atoms with Crippen molar-refractivity contribution in [1.82, 2.24) is 29.4 Å². The minimum absolute atomic E-state index is 0.0290. The van der Waals surface area contributed by atoms with E-state index in [1.807, 2.05) is 16.8 Å². The largest absolute Gasteiger partial charge is 0.390 e. The van der Waals surface area contributed by atoms with E-state index in [0.29, 0.717) is 11.9 Å². The van der Waals surface area contributed by atoms with Crippen molar-refractivity contribution in [1.29, 1.82) is 0 Å². The van der Waals surface area contributed by atoms with Crippen LogP contribution in [-0.2, 0) is 11.8 Å². The van der Waals surface area contributed by atoms with E-state index in [9.17, 15) is 10.2 Å². The number of hydrogen-bond donors (Lipinski definition) is 4. The number of H-pyrrole nitrogens is 1. The summed E-state index contributed by atoms with van der Waals surface area (Å²) in [5.74, 6) is 3.11. The standard InChI is InChI=1S/C34H47N7O2/c1-34(2,3)23-9-10-26-27(16-23)39-29(38-26)6-4-5-21-13-24(14-21)40(17-20-7-8-20)18-22-15-28(31(43)30(22)42)41-12-11-25-32(35)36-19-37-33(25)41/h9-12,16,19-22,24,28,30-31,42-43H,4-8,13-15,17-18H2,1-3H3,(H,38,39)(H2,35,36,37)/t21-,22-,24+,28-,30-,31+/m1/s1. The normalized spacial score (nSPS) is 27.9. The number of nitrogens with two attached hydrogens (primary N) is 1. The first kappa shape index (κ1) is 28.7. The molecule has 4 atom stereocenters. The van der Waals surface area contributed by atoms with Crippen LogP contribution in [0.4, 0.5) is 5.82 Å². The van der Waals surface area contributed by atoms with Gasteiger partial charge in [-0.05, 0) is 86.0 Å². The van der Waals surface area contributed by atoms with Gasteiger partial charge >= 0.3 is 0 Å². The van der Waals surface area contributed by atoms with Gasteiger partial charge in [0, 0.05) is 37.7 Å². The summed E-state index contributed by atoms with van der Waals surface area (Å²) in [6, 6.07) is 8.88. The number of hydrogen-bond acceptors (Lipinski definition) is 7. The Labute approximate surface area is 253 Å². The van der Waals surface area contributed by atoms with E-state index >= 15 is 0 Å². The second-order valence-corrected chi connectivity index (χ2v) is 14.7. The number of nitrogen functional groups attached to an aromatic ring is 1. The summed E-state index contributed by atoms with van der Waals surface area (Å²) in [4.78, 5) is 19.6. The molecule has 3 heterocycles. The Morgan fingerprint density at radius 3 is 2.60 bits per heavy atom. The molecule has 5 N–H and O–H groups in total. The highest BCUT2D eigenvalue weighted by molar-refractivity contribution is 5.86. The molecule has 7 rings (SSSR count). The minimum atomic E-state index is -0.827. The van der Waals surface area contributed by atoms with Crippen molar-refractivity contribution in [3.8, 4) is 0 Å². The van der Waals surface area contributed by atoms with Crippen LogP contribution < -0.4 is 5.73 Å². The third kappa shape index (κ3) is 5.79. The molecule has 0 saturated heterocycles. The van der Waals surface area contributed by atoms with Crippen molar-refractivity contribution in [3.63, 3.8) is 0 Å². The first-order valence-corrected chi connectivity index (χ1v) is 16.3. The Morgan fingerprint density at radius 2 is 1.84 bits per heavy atom. The highest BCUT2D eigenvalue weighted by atomic mass is 16.3. The van der Waals surface area contributed by atoms with Crippen molar-refractivity contribution >= 4 is 27.9 Å². The molecule has 0 aliphatic heterocycles. The van der Waals surface area contributed by atoms with E-state index in [4.69, 9.17) is 10.7 Å². The maximum absolute atomic E-state index is 11.2. The molecule has 43 heavy (non-hydrogen) atoms. The predicted molar refractivity (Wildman–Crippen MR) is 170 cm³/mol. The molecule has 9 heteroatoms. The van der Waals surface area contributed by atoms with E-state index in [1.54, 1.807) is 0 Å². The zero-order chi connectivity index (χ0) is 29.9. The van der Waals surface area contributed by atoms with Gasteiger partial charge in [-0.15, -0.1) is 0 Å². The van der Waals surface area contributed by atoms with E-state index in [2.05, 4.69) is 58.8 Å². The molecule has 3 saturated carbocycles. The highest BCUT2D eigenvalue weighted by Crippen LogP contribution is 2.42. The number of aliphatic hydroxyl groups is 2. The third-order valence-corrected chi connectivity index (χ3v) is 10.5. The van der Waals surface area contributed by atoms with Crippen LogP contribution in [-0.4, -0.2) is 71.0 Å². The highest BCUT2D eigenvalue weighted by Gasteiger charge is 2.45. The number of anilines is 1. The van der Waals surface area contributed by atoms with Gasteiger partial charge in [-0.25, -0.2) is 15.0 Å².